The van der Waals surface area contributed by atoms with Gasteiger partial charge in [-0.05, 0) is 12.1 Å². The molecular weight excluding hydrogens is 267 g/mol. The predicted molar refractivity (Wildman–Crippen MR) is 66.3 cm³/mol. The van der Waals surface area contributed by atoms with Gasteiger partial charge in [0.2, 0.25) is 5.91 Å². The number of amides is 1. The minimum absolute atomic E-state index is 0.204. The summed E-state index contributed by atoms with van der Waals surface area (Å²) in [5.74, 6) is -1.82. The van der Waals surface area contributed by atoms with Crippen LogP contribution in [0.2, 0.25) is 10.0 Å². The summed E-state index contributed by atoms with van der Waals surface area (Å²) < 4.78 is 0. The van der Waals surface area contributed by atoms with Crippen LogP contribution >= 0.6 is 23.2 Å². The van der Waals surface area contributed by atoms with Crippen LogP contribution in [0.15, 0.2) is 24.3 Å². The monoisotopic (exact) mass is 274 g/mol. The quantitative estimate of drug-likeness (QED) is 0.582. The molecule has 5 nitrogen and oxygen atoms in total. The van der Waals surface area contributed by atoms with Gasteiger partial charge < -0.3 is 16.2 Å². The highest BCUT2D eigenvalue weighted by atomic mass is 35.5. The second-order valence-corrected chi connectivity index (χ2v) is 3.83. The van der Waals surface area contributed by atoms with Gasteiger partial charge in [0.15, 0.2) is 0 Å². The fraction of sp³-hybridized carbons (Fsp3) is 0. The summed E-state index contributed by atoms with van der Waals surface area (Å²) >= 11 is 11.5. The average molecular weight is 275 g/mol. The second kappa shape index (κ2) is 5.56. The highest BCUT2D eigenvalue weighted by molar-refractivity contribution is 6.39. The van der Waals surface area contributed by atoms with Crippen LogP contribution in [-0.4, -0.2) is 17.0 Å². The fourth-order valence-electron chi connectivity index (χ4n) is 0.987. The van der Waals surface area contributed by atoms with Gasteiger partial charge in [-0.1, -0.05) is 23.2 Å². The van der Waals surface area contributed by atoms with Gasteiger partial charge in [-0.25, -0.2) is 4.79 Å². The average Bonchev–Trinajstić information content (AvgIpc) is 2.23. The van der Waals surface area contributed by atoms with E-state index in [4.69, 9.17) is 34.0 Å². The Kier molecular flexibility index (Phi) is 4.37. The summed E-state index contributed by atoms with van der Waals surface area (Å²) in [6.45, 7) is 0. The first-order chi connectivity index (χ1) is 7.90. The van der Waals surface area contributed by atoms with Crippen molar-refractivity contribution in [2.75, 3.05) is 11.1 Å². The van der Waals surface area contributed by atoms with E-state index in [1.54, 1.807) is 0 Å². The molecule has 0 bridgehead atoms. The number of carboxylic acids is 1. The Bertz CT molecular complexity index is 477. The number of nitrogens with one attached hydrogen (secondary N) is 1. The zero-order valence-electron chi connectivity index (χ0n) is 8.41. The van der Waals surface area contributed by atoms with E-state index < -0.39 is 11.9 Å². The molecule has 0 aliphatic heterocycles. The van der Waals surface area contributed by atoms with Crippen LogP contribution in [0.25, 0.3) is 0 Å². The molecule has 0 saturated heterocycles. The molecule has 0 fully saturated rings. The minimum Gasteiger partial charge on any atom is -0.478 e. The summed E-state index contributed by atoms with van der Waals surface area (Å²) in [7, 11) is 0. The molecule has 0 saturated carbocycles. The lowest BCUT2D eigenvalue weighted by atomic mass is 10.2. The highest BCUT2D eigenvalue weighted by Gasteiger charge is 2.06. The standard InChI is InChI=1S/C10H8Cl2N2O3/c11-6-3-5(4-7(12)10(6)13)14-8(15)1-2-9(16)17/h1-4H,13H2,(H,14,15)(H,16,17)/b2-1-. The first-order valence-electron chi connectivity index (χ1n) is 4.36. The lowest BCUT2D eigenvalue weighted by Gasteiger charge is -2.06. The van der Waals surface area contributed by atoms with E-state index in [0.29, 0.717) is 5.69 Å². The molecule has 1 amide bonds. The first-order valence-corrected chi connectivity index (χ1v) is 5.12. The maximum absolute atomic E-state index is 11.2. The van der Waals surface area contributed by atoms with Gasteiger partial charge in [0.1, 0.15) is 0 Å². The van der Waals surface area contributed by atoms with Gasteiger partial charge in [0, 0.05) is 17.8 Å². The molecule has 0 aromatic heterocycles. The van der Waals surface area contributed by atoms with Gasteiger partial charge in [-0.15, -0.1) is 0 Å². The molecule has 0 heterocycles. The van der Waals surface area contributed by atoms with Gasteiger partial charge in [-0.2, -0.15) is 0 Å². The molecule has 0 aliphatic carbocycles. The largest absolute Gasteiger partial charge is 0.478 e. The first kappa shape index (κ1) is 13.3. The van der Waals surface area contributed by atoms with E-state index in [-0.39, 0.29) is 15.7 Å². The van der Waals surface area contributed by atoms with E-state index in [0.717, 1.165) is 12.2 Å². The van der Waals surface area contributed by atoms with Crippen molar-refractivity contribution in [1.29, 1.82) is 0 Å². The van der Waals surface area contributed by atoms with E-state index >= 15 is 0 Å². The highest BCUT2D eigenvalue weighted by Crippen LogP contribution is 2.30. The molecule has 1 rings (SSSR count). The fourth-order valence-corrected chi connectivity index (χ4v) is 1.47. The third kappa shape index (κ3) is 3.97. The van der Waals surface area contributed by atoms with Crippen LogP contribution in [-0.2, 0) is 9.59 Å². The van der Waals surface area contributed by atoms with Crippen molar-refractivity contribution in [3.05, 3.63) is 34.3 Å². The summed E-state index contributed by atoms with van der Waals surface area (Å²) in [5.41, 5.74) is 6.05. The molecule has 17 heavy (non-hydrogen) atoms. The number of aliphatic carboxylic acids is 1. The lowest BCUT2D eigenvalue weighted by molar-refractivity contribution is -0.131. The molecular formula is C10H8Cl2N2O3. The predicted octanol–water partition coefficient (Wildman–Crippen LogP) is 2.15. The van der Waals surface area contributed by atoms with Crippen LogP contribution in [0.1, 0.15) is 0 Å². The Morgan fingerprint density at radius 3 is 2.24 bits per heavy atom. The molecule has 0 spiro atoms. The number of hydrogen-bond donors (Lipinski definition) is 3. The van der Waals surface area contributed by atoms with Crippen LogP contribution in [0.5, 0.6) is 0 Å². The minimum atomic E-state index is -1.21. The molecule has 4 N–H and O–H groups in total. The number of nitrogen functional groups attached to an aromatic ring is 1. The van der Waals surface area contributed by atoms with Crippen molar-refractivity contribution < 1.29 is 14.7 Å². The molecule has 1 aromatic rings. The Hall–Kier alpha value is -1.72. The summed E-state index contributed by atoms with van der Waals surface area (Å²) in [6.07, 6.45) is 1.59. The van der Waals surface area contributed by atoms with Crippen molar-refractivity contribution in [2.24, 2.45) is 0 Å². The normalized spacial score (nSPS) is 10.5. The van der Waals surface area contributed by atoms with Crippen molar-refractivity contribution in [1.82, 2.24) is 0 Å². The molecule has 0 radical (unpaired) electrons. The third-order valence-electron chi connectivity index (χ3n) is 1.72. The maximum atomic E-state index is 11.2. The van der Waals surface area contributed by atoms with Crippen LogP contribution in [0.4, 0.5) is 11.4 Å². The van der Waals surface area contributed by atoms with Crippen molar-refractivity contribution >= 4 is 46.5 Å². The van der Waals surface area contributed by atoms with Crippen LogP contribution in [0.3, 0.4) is 0 Å². The molecule has 0 unspecified atom stereocenters. The number of carbonyl (C=O) groups excluding carboxylic acids is 1. The molecule has 1 aromatic carbocycles. The number of carbonyl (C=O) groups is 2. The zero-order valence-corrected chi connectivity index (χ0v) is 9.92. The number of halogens is 2. The lowest BCUT2D eigenvalue weighted by Crippen LogP contribution is -2.09. The van der Waals surface area contributed by atoms with Crippen molar-refractivity contribution in [2.45, 2.75) is 0 Å². The number of hydrogen-bond acceptors (Lipinski definition) is 3. The third-order valence-corrected chi connectivity index (χ3v) is 2.35. The summed E-state index contributed by atoms with van der Waals surface area (Å²) in [6, 6.07) is 2.82. The van der Waals surface area contributed by atoms with Gasteiger partial charge in [-0.3, -0.25) is 4.79 Å². The van der Waals surface area contributed by atoms with Gasteiger partial charge in [0.25, 0.3) is 0 Å². The number of nitrogens with two attached hydrogens (primary N) is 1. The Balaban J connectivity index is 2.82. The summed E-state index contributed by atoms with van der Waals surface area (Å²) in [5, 5.41) is 11.1. The Labute approximate surface area is 107 Å². The number of benzene rings is 1. The topological polar surface area (TPSA) is 92.4 Å². The number of anilines is 2. The Morgan fingerprint density at radius 2 is 1.76 bits per heavy atom. The smallest absolute Gasteiger partial charge is 0.328 e. The maximum Gasteiger partial charge on any atom is 0.328 e. The number of rotatable bonds is 3. The van der Waals surface area contributed by atoms with E-state index in [1.165, 1.54) is 12.1 Å². The Morgan fingerprint density at radius 1 is 1.24 bits per heavy atom. The molecule has 7 heteroatoms. The van der Waals surface area contributed by atoms with E-state index in [2.05, 4.69) is 5.32 Å². The van der Waals surface area contributed by atoms with Gasteiger partial charge >= 0.3 is 5.97 Å². The summed E-state index contributed by atoms with van der Waals surface area (Å²) in [4.78, 5) is 21.4. The van der Waals surface area contributed by atoms with Gasteiger partial charge in [0.05, 0.1) is 15.7 Å². The van der Waals surface area contributed by atoms with Crippen LogP contribution in [0, 0.1) is 0 Å². The van der Waals surface area contributed by atoms with E-state index in [1.807, 2.05) is 0 Å². The van der Waals surface area contributed by atoms with Crippen LogP contribution < -0.4 is 11.1 Å². The zero-order chi connectivity index (χ0) is 13.0. The molecule has 90 valence electrons. The van der Waals surface area contributed by atoms with E-state index in [9.17, 15) is 9.59 Å². The number of carboxylic acid groups (broad SMARTS) is 1. The molecule has 0 atom stereocenters. The van der Waals surface area contributed by atoms with Crippen molar-refractivity contribution in [3.8, 4) is 0 Å². The second-order valence-electron chi connectivity index (χ2n) is 3.01. The SMILES string of the molecule is Nc1c(Cl)cc(NC(=O)/C=C\C(=O)O)cc1Cl. The van der Waals surface area contributed by atoms with Crippen molar-refractivity contribution in [3.63, 3.8) is 0 Å². The molecule has 0 aliphatic rings.